The first-order valence-corrected chi connectivity index (χ1v) is 8.48. The summed E-state index contributed by atoms with van der Waals surface area (Å²) in [6, 6.07) is 6.80. The Balaban J connectivity index is 1.49. The van der Waals surface area contributed by atoms with E-state index in [0.29, 0.717) is 17.2 Å². The molecule has 0 saturated carbocycles. The van der Waals surface area contributed by atoms with E-state index in [2.05, 4.69) is 10.4 Å². The van der Waals surface area contributed by atoms with Crippen molar-refractivity contribution in [3.63, 3.8) is 0 Å². The number of fused-ring (bicyclic) bond motifs is 2. The van der Waals surface area contributed by atoms with Crippen molar-refractivity contribution < 1.29 is 14.3 Å². The van der Waals surface area contributed by atoms with Crippen LogP contribution >= 0.6 is 0 Å². The van der Waals surface area contributed by atoms with Crippen LogP contribution in [0.15, 0.2) is 29.1 Å². The molecule has 0 bridgehead atoms. The Bertz CT molecular complexity index is 875. The summed E-state index contributed by atoms with van der Waals surface area (Å²) in [7, 11) is 0. The fourth-order valence-electron chi connectivity index (χ4n) is 3.20. The summed E-state index contributed by atoms with van der Waals surface area (Å²) in [4.78, 5) is 24.5. The Labute approximate surface area is 144 Å². The van der Waals surface area contributed by atoms with Gasteiger partial charge in [0.2, 0.25) is 12.7 Å². The van der Waals surface area contributed by atoms with E-state index in [9.17, 15) is 9.59 Å². The highest BCUT2D eigenvalue weighted by Crippen LogP contribution is 2.34. The minimum Gasteiger partial charge on any atom is -0.454 e. The molecule has 1 aromatic carbocycles. The number of nitrogens with one attached hydrogen (secondary N) is 1. The van der Waals surface area contributed by atoms with Gasteiger partial charge in [-0.05, 0) is 43.4 Å². The summed E-state index contributed by atoms with van der Waals surface area (Å²) in [6.07, 6.45) is 5.06. The van der Waals surface area contributed by atoms with Crippen molar-refractivity contribution in [2.75, 3.05) is 12.1 Å². The van der Waals surface area contributed by atoms with E-state index in [0.717, 1.165) is 43.4 Å². The normalized spacial score (nSPS) is 15.4. The van der Waals surface area contributed by atoms with Gasteiger partial charge >= 0.3 is 0 Å². The minimum absolute atomic E-state index is 0.111. The van der Waals surface area contributed by atoms with Crippen LogP contribution in [0.25, 0.3) is 0 Å². The fourth-order valence-corrected chi connectivity index (χ4v) is 3.20. The monoisotopic (exact) mass is 341 g/mol. The van der Waals surface area contributed by atoms with Crippen molar-refractivity contribution in [3.8, 4) is 11.5 Å². The molecule has 0 radical (unpaired) electrons. The van der Waals surface area contributed by atoms with Crippen LogP contribution in [0.3, 0.4) is 0 Å². The van der Waals surface area contributed by atoms with Crippen molar-refractivity contribution in [3.05, 3.63) is 45.9 Å². The fraction of sp³-hybridized carbons (Fsp3) is 0.389. The second-order valence-electron chi connectivity index (χ2n) is 6.29. The number of anilines is 1. The molecular formula is C18H19N3O4. The van der Waals surface area contributed by atoms with Gasteiger partial charge in [0, 0.05) is 17.8 Å². The van der Waals surface area contributed by atoms with E-state index in [4.69, 9.17) is 9.47 Å². The predicted molar refractivity (Wildman–Crippen MR) is 91.0 cm³/mol. The predicted octanol–water partition coefficient (Wildman–Crippen LogP) is 1.88. The molecule has 1 aliphatic heterocycles. The molecule has 0 unspecified atom stereocenters. The van der Waals surface area contributed by atoms with Crippen LogP contribution in [0, 0.1) is 0 Å². The van der Waals surface area contributed by atoms with E-state index in [1.54, 1.807) is 24.3 Å². The number of carbonyl (C=O) groups is 1. The SMILES string of the molecule is O=C(Cn1nc2c(cc1=O)CCCCC2)Nc1ccc2c(c1)OCO2. The average molecular weight is 341 g/mol. The van der Waals surface area contributed by atoms with Gasteiger partial charge in [-0.1, -0.05) is 6.42 Å². The first-order valence-electron chi connectivity index (χ1n) is 8.48. The lowest BCUT2D eigenvalue weighted by atomic mass is 10.1. The van der Waals surface area contributed by atoms with Gasteiger partial charge in [0.05, 0.1) is 5.69 Å². The highest BCUT2D eigenvalue weighted by atomic mass is 16.7. The third-order valence-electron chi connectivity index (χ3n) is 4.47. The molecule has 0 atom stereocenters. The quantitative estimate of drug-likeness (QED) is 0.862. The molecule has 130 valence electrons. The first kappa shape index (κ1) is 15.7. The van der Waals surface area contributed by atoms with Crippen LogP contribution in [0.4, 0.5) is 5.69 Å². The second-order valence-corrected chi connectivity index (χ2v) is 6.29. The zero-order valence-corrected chi connectivity index (χ0v) is 13.8. The summed E-state index contributed by atoms with van der Waals surface area (Å²) in [5, 5.41) is 7.18. The standard InChI is InChI=1S/C18H19N3O4/c22-17(19-13-6-7-15-16(9-13)25-11-24-15)10-21-18(23)8-12-4-2-1-3-5-14(12)20-21/h6-9H,1-5,10-11H2,(H,19,22). The van der Waals surface area contributed by atoms with Crippen LogP contribution in [0.2, 0.25) is 0 Å². The molecule has 25 heavy (non-hydrogen) atoms. The van der Waals surface area contributed by atoms with Crippen LogP contribution < -0.4 is 20.3 Å². The maximum absolute atomic E-state index is 12.3. The van der Waals surface area contributed by atoms with Crippen LogP contribution in [0.5, 0.6) is 11.5 Å². The van der Waals surface area contributed by atoms with Crippen LogP contribution in [0.1, 0.15) is 30.5 Å². The van der Waals surface area contributed by atoms with Gasteiger partial charge in [-0.2, -0.15) is 5.10 Å². The van der Waals surface area contributed by atoms with Crippen LogP contribution in [-0.4, -0.2) is 22.5 Å². The van der Waals surface area contributed by atoms with Gasteiger partial charge in [-0.3, -0.25) is 9.59 Å². The number of carbonyl (C=O) groups excluding carboxylic acids is 1. The number of nitrogens with zero attached hydrogens (tertiary/aromatic N) is 2. The van der Waals surface area contributed by atoms with Crippen molar-refractivity contribution in [2.45, 2.75) is 38.6 Å². The molecule has 2 heterocycles. The molecule has 7 heteroatoms. The number of benzene rings is 1. The molecule has 7 nitrogen and oxygen atoms in total. The van der Waals surface area contributed by atoms with Gasteiger partial charge in [0.1, 0.15) is 6.54 Å². The third kappa shape index (κ3) is 3.35. The summed E-state index contributed by atoms with van der Waals surface area (Å²) in [6.45, 7) is 0.0712. The molecule has 0 fully saturated rings. The lowest BCUT2D eigenvalue weighted by molar-refractivity contribution is -0.117. The van der Waals surface area contributed by atoms with Gasteiger partial charge in [0.15, 0.2) is 11.5 Å². The number of aromatic nitrogens is 2. The molecular weight excluding hydrogens is 322 g/mol. The number of hydrogen-bond acceptors (Lipinski definition) is 5. The molecule has 1 aliphatic carbocycles. The zero-order valence-electron chi connectivity index (χ0n) is 13.8. The maximum Gasteiger partial charge on any atom is 0.267 e. The molecule has 2 aliphatic rings. The van der Waals surface area contributed by atoms with Gasteiger partial charge < -0.3 is 14.8 Å². The average Bonchev–Trinajstić information content (AvgIpc) is 2.94. The number of ether oxygens (including phenoxy) is 2. The largest absolute Gasteiger partial charge is 0.454 e. The summed E-state index contributed by atoms with van der Waals surface area (Å²) in [5.41, 5.74) is 2.32. The Morgan fingerprint density at radius 1 is 1.12 bits per heavy atom. The van der Waals surface area contributed by atoms with Crippen molar-refractivity contribution in [1.29, 1.82) is 0 Å². The van der Waals surface area contributed by atoms with E-state index in [-0.39, 0.29) is 24.8 Å². The van der Waals surface area contributed by atoms with Crippen molar-refractivity contribution >= 4 is 11.6 Å². The smallest absolute Gasteiger partial charge is 0.267 e. The lowest BCUT2D eigenvalue weighted by Gasteiger charge is -2.10. The van der Waals surface area contributed by atoms with Gasteiger partial charge in [-0.15, -0.1) is 0 Å². The minimum atomic E-state index is -0.304. The second kappa shape index (κ2) is 6.58. The van der Waals surface area contributed by atoms with Crippen molar-refractivity contribution in [1.82, 2.24) is 9.78 Å². The van der Waals surface area contributed by atoms with Crippen LogP contribution in [-0.2, 0) is 24.2 Å². The molecule has 1 amide bonds. The molecule has 0 spiro atoms. The summed E-state index contributed by atoms with van der Waals surface area (Å²) in [5.74, 6) is 0.946. The Morgan fingerprint density at radius 3 is 2.88 bits per heavy atom. The summed E-state index contributed by atoms with van der Waals surface area (Å²) < 4.78 is 11.8. The van der Waals surface area contributed by atoms with E-state index in [1.807, 2.05) is 0 Å². The molecule has 1 N–H and O–H groups in total. The number of aryl methyl sites for hydroxylation is 2. The topological polar surface area (TPSA) is 82.5 Å². The molecule has 1 aromatic heterocycles. The van der Waals surface area contributed by atoms with E-state index >= 15 is 0 Å². The Hall–Kier alpha value is -2.83. The number of amides is 1. The molecule has 0 saturated heterocycles. The maximum atomic E-state index is 12.3. The highest BCUT2D eigenvalue weighted by molar-refractivity contribution is 5.90. The third-order valence-corrected chi connectivity index (χ3v) is 4.47. The summed E-state index contributed by atoms with van der Waals surface area (Å²) >= 11 is 0. The first-order chi connectivity index (χ1) is 12.2. The van der Waals surface area contributed by atoms with E-state index < -0.39 is 0 Å². The van der Waals surface area contributed by atoms with E-state index in [1.165, 1.54) is 4.68 Å². The van der Waals surface area contributed by atoms with Crippen molar-refractivity contribution in [2.24, 2.45) is 0 Å². The van der Waals surface area contributed by atoms with Gasteiger partial charge in [0.25, 0.3) is 5.56 Å². The Kier molecular flexibility index (Phi) is 4.13. The molecule has 2 aromatic rings. The molecule has 4 rings (SSSR count). The van der Waals surface area contributed by atoms with Gasteiger partial charge in [-0.25, -0.2) is 4.68 Å². The number of rotatable bonds is 3. The highest BCUT2D eigenvalue weighted by Gasteiger charge is 2.16. The zero-order chi connectivity index (χ0) is 17.2. The lowest BCUT2D eigenvalue weighted by Crippen LogP contribution is -2.30. The Morgan fingerprint density at radius 2 is 1.96 bits per heavy atom. The number of hydrogen-bond donors (Lipinski definition) is 1.